The Morgan fingerprint density at radius 3 is 2.10 bits per heavy atom. The van der Waals surface area contributed by atoms with Gasteiger partial charge in [-0.25, -0.2) is 9.78 Å². The van der Waals surface area contributed by atoms with Gasteiger partial charge in [0.1, 0.15) is 6.07 Å². The van der Waals surface area contributed by atoms with Crippen LogP contribution in [0.4, 0.5) is 19.0 Å². The molecule has 0 aliphatic carbocycles. The minimum atomic E-state index is -5.08. The minimum Gasteiger partial charge on any atom is -0.475 e. The lowest BCUT2D eigenvalue weighted by molar-refractivity contribution is -0.192. The molecule has 51 heavy (non-hydrogen) atoms. The summed E-state index contributed by atoms with van der Waals surface area (Å²) in [6.45, 7) is 8.74. The van der Waals surface area contributed by atoms with E-state index in [1.165, 1.54) is 6.20 Å². The molecule has 3 fully saturated rings. The van der Waals surface area contributed by atoms with E-state index in [-0.39, 0.29) is 29.6 Å². The first-order valence-electron chi connectivity index (χ1n) is 16.5. The zero-order chi connectivity index (χ0) is 37.3. The van der Waals surface area contributed by atoms with Gasteiger partial charge in [0, 0.05) is 70.4 Å². The van der Waals surface area contributed by atoms with Gasteiger partial charge in [0.05, 0.1) is 10.5 Å². The quantitative estimate of drug-likeness (QED) is 0.397. The number of aromatic nitrogens is 2. The number of amides is 3. The molecular weight excluding hydrogens is 739 g/mol. The van der Waals surface area contributed by atoms with Crippen molar-refractivity contribution in [1.82, 2.24) is 35.0 Å². The molecule has 1 aromatic carbocycles. The average molecular weight is 781 g/mol. The summed E-state index contributed by atoms with van der Waals surface area (Å²) in [6.07, 6.45) is -0.563. The number of likely N-dealkylation sites (N-methyl/N-ethyl adjacent to an activating group) is 1. The van der Waals surface area contributed by atoms with Crippen molar-refractivity contribution < 1.29 is 37.5 Å². The fourth-order valence-corrected chi connectivity index (χ4v) is 6.54. The maximum absolute atomic E-state index is 13.5. The molecule has 2 N–H and O–H groups in total. The molecule has 1 aromatic heterocycles. The van der Waals surface area contributed by atoms with Crippen LogP contribution in [0.3, 0.4) is 0 Å². The molecule has 3 aliphatic rings. The number of nitrogens with zero attached hydrogens (tertiary/aromatic N) is 8. The number of halogens is 4. The maximum Gasteiger partial charge on any atom is 0.490 e. The minimum absolute atomic E-state index is 0.000650. The number of nitriles is 1. The lowest BCUT2D eigenvalue weighted by Crippen LogP contribution is -2.54. The van der Waals surface area contributed by atoms with Crippen LogP contribution in [0.2, 0.25) is 0 Å². The lowest BCUT2D eigenvalue weighted by Gasteiger charge is -2.39. The highest BCUT2D eigenvalue weighted by Crippen LogP contribution is 2.28. The summed E-state index contributed by atoms with van der Waals surface area (Å²) in [6, 6.07) is 9.42. The SMILES string of the molecule is CC(=O)N1CCC(N(NC(=O)c2ccc(CN3CCC(C(=O)N4CCN(C)CC4)CC3)cc2)c2nc(C#N)ncc2Br)CC1.O=C(O)C(F)(F)F. The van der Waals surface area contributed by atoms with Crippen LogP contribution in [-0.4, -0.2) is 130 Å². The van der Waals surface area contributed by atoms with Crippen molar-refractivity contribution in [2.24, 2.45) is 5.92 Å². The number of carboxylic acids is 1. The Bertz CT molecular complexity index is 1580. The van der Waals surface area contributed by atoms with Gasteiger partial charge in [-0.05, 0) is 79.4 Å². The molecule has 2 aromatic rings. The summed E-state index contributed by atoms with van der Waals surface area (Å²) in [5.41, 5.74) is 4.62. The van der Waals surface area contributed by atoms with Gasteiger partial charge in [-0.1, -0.05) is 12.1 Å². The predicted octanol–water partition coefficient (Wildman–Crippen LogP) is 2.89. The third-order valence-electron chi connectivity index (χ3n) is 9.17. The van der Waals surface area contributed by atoms with Gasteiger partial charge in [-0.3, -0.25) is 29.7 Å². The van der Waals surface area contributed by atoms with Crippen LogP contribution in [0.15, 0.2) is 34.9 Å². The lowest BCUT2D eigenvalue weighted by atomic mass is 9.94. The number of piperazine rings is 1. The standard InChI is InChI=1S/C31H40BrN9O3.C2HF3O2/c1-22(42)39-13-9-26(10-14-39)41(29-27(32)20-34-28(19-33)35-29)36-30(43)24-5-3-23(4-6-24)21-38-11-7-25(8-12-38)31(44)40-17-15-37(2)16-18-40;3-2(4,5)1(6)7/h3-6,20,25-26H,7-18,21H2,1-2H3,(H,36,43);(H,6,7). The van der Waals surface area contributed by atoms with Crippen LogP contribution in [0.25, 0.3) is 0 Å². The summed E-state index contributed by atoms with van der Waals surface area (Å²) in [5.74, 6) is -2.21. The molecular formula is C33H41BrF3N9O5. The van der Waals surface area contributed by atoms with Crippen LogP contribution < -0.4 is 10.4 Å². The van der Waals surface area contributed by atoms with Crippen LogP contribution in [0, 0.1) is 17.2 Å². The second kappa shape index (κ2) is 17.7. The highest BCUT2D eigenvalue weighted by atomic mass is 79.9. The monoisotopic (exact) mass is 779 g/mol. The average Bonchev–Trinajstić information content (AvgIpc) is 3.11. The molecule has 14 nitrogen and oxygen atoms in total. The van der Waals surface area contributed by atoms with E-state index >= 15 is 0 Å². The van der Waals surface area contributed by atoms with Crippen LogP contribution >= 0.6 is 15.9 Å². The number of hydrazine groups is 1. The maximum atomic E-state index is 13.5. The molecule has 276 valence electrons. The molecule has 3 saturated heterocycles. The molecule has 5 rings (SSSR count). The molecule has 4 heterocycles. The second-order valence-corrected chi connectivity index (χ2v) is 13.6. The van der Waals surface area contributed by atoms with Crippen molar-refractivity contribution in [3.63, 3.8) is 0 Å². The number of alkyl halides is 3. The molecule has 18 heteroatoms. The Balaban J connectivity index is 0.000000755. The van der Waals surface area contributed by atoms with E-state index in [1.807, 2.05) is 35.2 Å². The van der Waals surface area contributed by atoms with E-state index in [4.69, 9.17) is 9.90 Å². The van der Waals surface area contributed by atoms with E-state index in [0.717, 1.165) is 64.2 Å². The number of carbonyl (C=O) groups excluding carboxylic acids is 3. The van der Waals surface area contributed by atoms with Gasteiger partial charge in [0.15, 0.2) is 5.82 Å². The first-order valence-corrected chi connectivity index (χ1v) is 17.3. The summed E-state index contributed by atoms with van der Waals surface area (Å²) in [5, 5.41) is 18.2. The Hall–Kier alpha value is -4.34. The molecule has 0 bridgehead atoms. The molecule has 3 aliphatic heterocycles. The molecule has 0 radical (unpaired) electrons. The van der Waals surface area contributed by atoms with E-state index in [9.17, 15) is 32.8 Å². The Morgan fingerprint density at radius 1 is 0.980 bits per heavy atom. The summed E-state index contributed by atoms with van der Waals surface area (Å²) < 4.78 is 32.3. The van der Waals surface area contributed by atoms with Gasteiger partial charge < -0.3 is 19.8 Å². The Kier molecular flexibility index (Phi) is 13.7. The number of piperidine rings is 2. The third-order valence-corrected chi connectivity index (χ3v) is 9.73. The fraction of sp³-hybridized carbons (Fsp3) is 0.545. The van der Waals surface area contributed by atoms with Crippen molar-refractivity contribution in [2.75, 3.05) is 64.4 Å². The van der Waals surface area contributed by atoms with E-state index in [2.05, 4.69) is 48.2 Å². The van der Waals surface area contributed by atoms with Gasteiger partial charge in [0.25, 0.3) is 5.91 Å². The first kappa shape index (κ1) is 39.4. The Morgan fingerprint density at radius 2 is 1.57 bits per heavy atom. The topological polar surface area (TPSA) is 166 Å². The van der Waals surface area contributed by atoms with Gasteiger partial charge in [-0.15, -0.1) is 0 Å². The summed E-state index contributed by atoms with van der Waals surface area (Å²) >= 11 is 3.48. The van der Waals surface area contributed by atoms with E-state index < -0.39 is 12.1 Å². The number of hydrogen-bond acceptors (Lipinski definition) is 10. The first-order chi connectivity index (χ1) is 24.2. The Labute approximate surface area is 302 Å². The predicted molar refractivity (Wildman–Crippen MR) is 182 cm³/mol. The summed E-state index contributed by atoms with van der Waals surface area (Å²) in [4.78, 5) is 64.1. The van der Waals surface area contributed by atoms with Crippen molar-refractivity contribution in [3.8, 4) is 6.07 Å². The fourth-order valence-electron chi connectivity index (χ4n) is 6.15. The van der Waals surface area contributed by atoms with Gasteiger partial charge in [0.2, 0.25) is 17.6 Å². The number of rotatable bonds is 7. The number of likely N-dealkylation sites (tertiary alicyclic amines) is 2. The molecule has 0 atom stereocenters. The van der Waals surface area contributed by atoms with E-state index in [1.54, 1.807) is 16.8 Å². The van der Waals surface area contributed by atoms with Crippen molar-refractivity contribution >= 4 is 45.4 Å². The van der Waals surface area contributed by atoms with Crippen LogP contribution in [0.5, 0.6) is 0 Å². The number of carbonyl (C=O) groups is 4. The van der Waals surface area contributed by atoms with E-state index in [0.29, 0.717) is 47.7 Å². The molecule has 0 unspecified atom stereocenters. The number of nitrogens with one attached hydrogen (secondary N) is 1. The highest BCUT2D eigenvalue weighted by molar-refractivity contribution is 9.10. The van der Waals surface area contributed by atoms with Crippen LogP contribution in [0.1, 0.15) is 54.4 Å². The zero-order valence-electron chi connectivity index (χ0n) is 28.4. The summed E-state index contributed by atoms with van der Waals surface area (Å²) in [7, 11) is 2.10. The normalized spacial score (nSPS) is 17.9. The third kappa shape index (κ3) is 11.1. The van der Waals surface area contributed by atoms with Gasteiger partial charge in [-0.2, -0.15) is 23.4 Å². The zero-order valence-corrected chi connectivity index (χ0v) is 30.0. The number of hydrogen-bond donors (Lipinski definition) is 2. The van der Waals surface area contributed by atoms with Crippen molar-refractivity contribution in [2.45, 2.75) is 51.4 Å². The van der Waals surface area contributed by atoms with Gasteiger partial charge >= 0.3 is 12.1 Å². The highest BCUT2D eigenvalue weighted by Gasteiger charge is 2.38. The van der Waals surface area contributed by atoms with Crippen molar-refractivity contribution in [3.05, 3.63) is 51.9 Å². The largest absolute Gasteiger partial charge is 0.490 e. The number of aliphatic carboxylic acids is 1. The van der Waals surface area contributed by atoms with Crippen LogP contribution in [-0.2, 0) is 20.9 Å². The molecule has 3 amide bonds. The smallest absolute Gasteiger partial charge is 0.475 e. The van der Waals surface area contributed by atoms with Crippen molar-refractivity contribution in [1.29, 1.82) is 5.26 Å². The number of anilines is 1. The number of carboxylic acid groups (broad SMARTS) is 1. The molecule has 0 saturated carbocycles. The second-order valence-electron chi connectivity index (χ2n) is 12.7. The number of benzene rings is 1. The molecule has 0 spiro atoms.